The fourth-order valence-electron chi connectivity index (χ4n) is 3.18. The van der Waals surface area contributed by atoms with Crippen LogP contribution < -0.4 is 0 Å². The first-order valence-corrected chi connectivity index (χ1v) is 8.47. The Morgan fingerprint density at radius 2 is 1.96 bits per heavy atom. The Morgan fingerprint density at radius 1 is 1.16 bits per heavy atom. The van der Waals surface area contributed by atoms with Gasteiger partial charge in [-0.25, -0.2) is 5.01 Å². The predicted octanol–water partition coefficient (Wildman–Crippen LogP) is 4.59. The molecule has 0 aliphatic carbocycles. The third-order valence-corrected chi connectivity index (χ3v) is 4.67. The second-order valence-electron chi connectivity index (χ2n) is 6.09. The van der Waals surface area contributed by atoms with Crippen LogP contribution in [-0.2, 0) is 4.79 Å². The number of hydrazone groups is 1. The van der Waals surface area contributed by atoms with Crippen molar-refractivity contribution in [2.45, 2.75) is 19.4 Å². The van der Waals surface area contributed by atoms with Crippen LogP contribution in [0.1, 0.15) is 30.5 Å². The first-order valence-electron chi connectivity index (χ1n) is 8.10. The van der Waals surface area contributed by atoms with E-state index >= 15 is 0 Å². The van der Waals surface area contributed by atoms with Crippen LogP contribution >= 0.6 is 11.6 Å². The summed E-state index contributed by atoms with van der Waals surface area (Å²) < 4.78 is 0. The van der Waals surface area contributed by atoms with Crippen molar-refractivity contribution in [2.75, 3.05) is 0 Å². The Hall–Kier alpha value is -2.72. The average molecular weight is 350 g/mol. The van der Waals surface area contributed by atoms with E-state index in [2.05, 4.69) is 16.2 Å². The molecule has 1 aliphatic rings. The molecule has 1 aliphatic heterocycles. The van der Waals surface area contributed by atoms with Gasteiger partial charge in [0.05, 0.1) is 17.3 Å². The molecule has 0 saturated heterocycles. The van der Waals surface area contributed by atoms with Gasteiger partial charge in [-0.05, 0) is 41.5 Å². The van der Waals surface area contributed by atoms with Crippen molar-refractivity contribution in [2.24, 2.45) is 5.10 Å². The van der Waals surface area contributed by atoms with E-state index in [0.717, 1.165) is 27.7 Å². The van der Waals surface area contributed by atoms with Gasteiger partial charge in [-0.1, -0.05) is 35.9 Å². The van der Waals surface area contributed by atoms with Crippen molar-refractivity contribution in [3.63, 3.8) is 0 Å². The standard InChI is InChI=1S/C20H16ClN3O/c1-13(25)24-20(12-19(23-24)14-4-7-17(21)8-5-14)16-6-9-18-15(11-16)3-2-10-22-18/h2-11,20H,12H2,1H3/t20-/m0/s1. The van der Waals surface area contributed by atoms with E-state index in [1.165, 1.54) is 0 Å². The average Bonchev–Trinajstić information content (AvgIpc) is 3.07. The molecule has 0 radical (unpaired) electrons. The first-order chi connectivity index (χ1) is 12.1. The highest BCUT2D eigenvalue weighted by molar-refractivity contribution is 6.30. The molecule has 0 fully saturated rings. The highest BCUT2D eigenvalue weighted by Gasteiger charge is 2.31. The molecule has 0 N–H and O–H groups in total. The maximum absolute atomic E-state index is 12.1. The van der Waals surface area contributed by atoms with Crippen molar-refractivity contribution in [1.82, 2.24) is 9.99 Å². The molecular weight excluding hydrogens is 334 g/mol. The molecule has 2 heterocycles. The molecule has 124 valence electrons. The molecule has 1 atom stereocenters. The van der Waals surface area contributed by atoms with Crippen molar-refractivity contribution in [3.8, 4) is 0 Å². The monoisotopic (exact) mass is 349 g/mol. The van der Waals surface area contributed by atoms with E-state index in [4.69, 9.17) is 11.6 Å². The molecule has 0 bridgehead atoms. The van der Waals surface area contributed by atoms with Crippen molar-refractivity contribution in [3.05, 3.63) is 76.9 Å². The summed E-state index contributed by atoms with van der Waals surface area (Å²) in [6.07, 6.45) is 2.45. The maximum atomic E-state index is 12.1. The van der Waals surface area contributed by atoms with Gasteiger partial charge in [-0.3, -0.25) is 9.78 Å². The van der Waals surface area contributed by atoms with Crippen LogP contribution in [0.2, 0.25) is 5.02 Å². The fraction of sp³-hybridized carbons (Fsp3) is 0.150. The summed E-state index contributed by atoms with van der Waals surface area (Å²) in [7, 11) is 0. The van der Waals surface area contributed by atoms with Gasteiger partial charge >= 0.3 is 0 Å². The van der Waals surface area contributed by atoms with Crippen molar-refractivity contribution < 1.29 is 4.79 Å². The molecule has 5 heteroatoms. The summed E-state index contributed by atoms with van der Waals surface area (Å²) in [4.78, 5) is 16.5. The summed E-state index contributed by atoms with van der Waals surface area (Å²) in [5.74, 6) is -0.0692. The molecule has 1 aromatic heterocycles. The molecule has 0 spiro atoms. The lowest BCUT2D eigenvalue weighted by atomic mass is 9.97. The van der Waals surface area contributed by atoms with Gasteiger partial charge in [0.2, 0.25) is 5.91 Å². The summed E-state index contributed by atoms with van der Waals surface area (Å²) in [5.41, 5.74) is 3.88. The number of hydrogen-bond donors (Lipinski definition) is 0. The Bertz CT molecular complexity index is 982. The number of halogens is 1. The summed E-state index contributed by atoms with van der Waals surface area (Å²) >= 11 is 5.97. The third kappa shape index (κ3) is 3.01. The summed E-state index contributed by atoms with van der Waals surface area (Å²) in [6.45, 7) is 1.55. The number of hydrogen-bond acceptors (Lipinski definition) is 3. The predicted molar refractivity (Wildman–Crippen MR) is 99.6 cm³/mol. The largest absolute Gasteiger partial charge is 0.273 e. The van der Waals surface area contributed by atoms with Gasteiger partial charge in [0.1, 0.15) is 0 Å². The number of nitrogens with zero attached hydrogens (tertiary/aromatic N) is 3. The van der Waals surface area contributed by atoms with Crippen molar-refractivity contribution >= 4 is 34.1 Å². The maximum Gasteiger partial charge on any atom is 0.240 e. The minimum atomic E-state index is -0.104. The third-order valence-electron chi connectivity index (χ3n) is 4.42. The van der Waals surface area contributed by atoms with E-state index in [1.54, 1.807) is 18.1 Å². The van der Waals surface area contributed by atoms with Gasteiger partial charge < -0.3 is 0 Å². The number of benzene rings is 2. The SMILES string of the molecule is CC(=O)N1N=C(c2ccc(Cl)cc2)C[C@H]1c1ccc2ncccc2c1. The first kappa shape index (κ1) is 15.8. The summed E-state index contributed by atoms with van der Waals surface area (Å²) in [6, 6.07) is 17.5. The zero-order valence-corrected chi connectivity index (χ0v) is 14.4. The lowest BCUT2D eigenvalue weighted by Crippen LogP contribution is -2.24. The highest BCUT2D eigenvalue weighted by Crippen LogP contribution is 2.34. The topological polar surface area (TPSA) is 45.6 Å². The van der Waals surface area contributed by atoms with E-state index < -0.39 is 0 Å². The number of aromatic nitrogens is 1. The second-order valence-corrected chi connectivity index (χ2v) is 6.53. The van der Waals surface area contributed by atoms with Gasteiger partial charge in [0.15, 0.2) is 0 Å². The molecule has 1 amide bonds. The van der Waals surface area contributed by atoms with Crippen LogP contribution in [0.5, 0.6) is 0 Å². The Morgan fingerprint density at radius 3 is 2.72 bits per heavy atom. The van der Waals surface area contributed by atoms with Gasteiger partial charge in [-0.2, -0.15) is 5.10 Å². The summed E-state index contributed by atoms with van der Waals surface area (Å²) in [5, 5.41) is 7.88. The number of carbonyl (C=O) groups is 1. The number of pyridine rings is 1. The molecular formula is C20H16ClN3O. The quantitative estimate of drug-likeness (QED) is 0.679. The zero-order valence-electron chi connectivity index (χ0n) is 13.7. The van der Waals surface area contributed by atoms with Gasteiger partial charge in [0.25, 0.3) is 0 Å². The molecule has 0 unspecified atom stereocenters. The fourth-order valence-corrected chi connectivity index (χ4v) is 3.30. The Balaban J connectivity index is 1.71. The number of fused-ring (bicyclic) bond motifs is 1. The zero-order chi connectivity index (χ0) is 17.4. The van der Waals surface area contributed by atoms with Crippen LogP contribution in [0, 0.1) is 0 Å². The minimum absolute atomic E-state index is 0.0692. The van der Waals surface area contributed by atoms with Crippen LogP contribution in [0.4, 0.5) is 0 Å². The number of rotatable bonds is 2. The normalized spacial score (nSPS) is 17.0. The molecule has 3 aromatic rings. The van der Waals surface area contributed by atoms with Crippen LogP contribution in [0.25, 0.3) is 10.9 Å². The molecule has 4 rings (SSSR count). The van der Waals surface area contributed by atoms with Gasteiger partial charge in [0, 0.05) is 30.0 Å². The number of amides is 1. The van der Waals surface area contributed by atoms with Crippen LogP contribution in [0.3, 0.4) is 0 Å². The van der Waals surface area contributed by atoms with Crippen molar-refractivity contribution in [1.29, 1.82) is 0 Å². The second kappa shape index (κ2) is 6.30. The van der Waals surface area contributed by atoms with E-state index in [1.807, 2.05) is 48.5 Å². The van der Waals surface area contributed by atoms with Gasteiger partial charge in [-0.15, -0.1) is 0 Å². The minimum Gasteiger partial charge on any atom is -0.273 e. The van der Waals surface area contributed by atoms with Crippen LogP contribution in [0.15, 0.2) is 65.9 Å². The highest BCUT2D eigenvalue weighted by atomic mass is 35.5. The van der Waals surface area contributed by atoms with Crippen LogP contribution in [-0.4, -0.2) is 21.6 Å². The van der Waals surface area contributed by atoms with E-state index in [0.29, 0.717) is 11.4 Å². The lowest BCUT2D eigenvalue weighted by Gasteiger charge is -2.20. The van der Waals surface area contributed by atoms with E-state index in [-0.39, 0.29) is 11.9 Å². The Labute approximate surface area is 150 Å². The lowest BCUT2D eigenvalue weighted by molar-refractivity contribution is -0.130. The molecule has 2 aromatic carbocycles. The molecule has 25 heavy (non-hydrogen) atoms. The molecule has 0 saturated carbocycles. The molecule has 4 nitrogen and oxygen atoms in total. The Kier molecular flexibility index (Phi) is 3.98. The number of carbonyl (C=O) groups excluding carboxylic acids is 1. The smallest absolute Gasteiger partial charge is 0.240 e. The van der Waals surface area contributed by atoms with E-state index in [9.17, 15) is 4.79 Å².